The molecule has 1 aliphatic carbocycles. The molecule has 1 saturated carbocycles. The molecular weight excluding hydrogens is 349 g/mol. The first-order valence-electron chi connectivity index (χ1n) is 8.95. The number of pyridine rings is 1. The van der Waals surface area contributed by atoms with Crippen LogP contribution in [0.1, 0.15) is 35.7 Å². The molecule has 7 heteroatoms. The van der Waals surface area contributed by atoms with Crippen molar-refractivity contribution in [3.8, 4) is 0 Å². The van der Waals surface area contributed by atoms with Gasteiger partial charge in [0.25, 0.3) is 11.5 Å². The summed E-state index contributed by atoms with van der Waals surface area (Å²) < 4.78 is 14.1. The van der Waals surface area contributed by atoms with E-state index in [0.29, 0.717) is 5.92 Å². The molecule has 6 nitrogen and oxygen atoms in total. The minimum absolute atomic E-state index is 0.0930. The maximum absolute atomic E-state index is 12.9. The number of carbonyl (C=O) groups is 2. The number of hydrogen-bond acceptors (Lipinski definition) is 3. The molecule has 1 aliphatic rings. The van der Waals surface area contributed by atoms with Crippen molar-refractivity contribution < 1.29 is 14.0 Å². The molecule has 1 heterocycles. The summed E-state index contributed by atoms with van der Waals surface area (Å²) >= 11 is 0. The van der Waals surface area contributed by atoms with Crippen LogP contribution in [-0.2, 0) is 17.9 Å². The summed E-state index contributed by atoms with van der Waals surface area (Å²) in [5.41, 5.74) is 0.686. The molecular formula is C20H22FN3O3. The lowest BCUT2D eigenvalue weighted by atomic mass is 10.2. The van der Waals surface area contributed by atoms with Gasteiger partial charge in [0.05, 0.1) is 5.56 Å². The Morgan fingerprint density at radius 1 is 1.19 bits per heavy atom. The number of nitrogens with zero attached hydrogens (tertiary/aromatic N) is 1. The Morgan fingerprint density at radius 2 is 1.89 bits per heavy atom. The van der Waals surface area contributed by atoms with Gasteiger partial charge >= 0.3 is 0 Å². The monoisotopic (exact) mass is 371 g/mol. The van der Waals surface area contributed by atoms with E-state index in [1.165, 1.54) is 35.0 Å². The molecule has 2 aromatic rings. The van der Waals surface area contributed by atoms with Gasteiger partial charge in [-0.3, -0.25) is 14.4 Å². The SMILES string of the molecule is C[C@@H](NC(=O)Cn1cc(C(=O)NCc2ccc(F)cc2)ccc1=O)C1CC1. The predicted octanol–water partition coefficient (Wildman–Crippen LogP) is 1.83. The summed E-state index contributed by atoms with van der Waals surface area (Å²) in [6.45, 7) is 2.06. The summed E-state index contributed by atoms with van der Waals surface area (Å²) in [7, 11) is 0. The van der Waals surface area contributed by atoms with Crippen molar-refractivity contribution in [1.82, 2.24) is 15.2 Å². The largest absolute Gasteiger partial charge is 0.352 e. The Kier molecular flexibility index (Phi) is 5.69. The number of rotatable bonds is 7. The van der Waals surface area contributed by atoms with E-state index in [1.54, 1.807) is 12.1 Å². The number of benzene rings is 1. The number of aromatic nitrogens is 1. The number of carbonyl (C=O) groups excluding carboxylic acids is 2. The fraction of sp³-hybridized carbons (Fsp3) is 0.350. The van der Waals surface area contributed by atoms with Crippen molar-refractivity contribution in [1.29, 1.82) is 0 Å². The second-order valence-corrected chi connectivity index (χ2v) is 6.89. The second-order valence-electron chi connectivity index (χ2n) is 6.89. The predicted molar refractivity (Wildman–Crippen MR) is 98.6 cm³/mol. The smallest absolute Gasteiger partial charge is 0.253 e. The van der Waals surface area contributed by atoms with Crippen molar-refractivity contribution in [2.45, 2.75) is 38.9 Å². The maximum Gasteiger partial charge on any atom is 0.253 e. The lowest BCUT2D eigenvalue weighted by molar-refractivity contribution is -0.122. The third kappa shape index (κ3) is 5.26. The van der Waals surface area contributed by atoms with Gasteiger partial charge in [-0.05, 0) is 49.4 Å². The van der Waals surface area contributed by atoms with E-state index < -0.39 is 0 Å². The van der Waals surface area contributed by atoms with E-state index in [-0.39, 0.29) is 47.9 Å². The average Bonchev–Trinajstić information content (AvgIpc) is 3.48. The molecule has 0 spiro atoms. The van der Waals surface area contributed by atoms with Crippen molar-refractivity contribution >= 4 is 11.8 Å². The van der Waals surface area contributed by atoms with Gasteiger partial charge < -0.3 is 15.2 Å². The van der Waals surface area contributed by atoms with Crippen LogP contribution in [0.15, 0.2) is 47.4 Å². The van der Waals surface area contributed by atoms with Crippen LogP contribution in [0, 0.1) is 11.7 Å². The topological polar surface area (TPSA) is 80.2 Å². The van der Waals surface area contributed by atoms with Crippen molar-refractivity contribution in [3.63, 3.8) is 0 Å². The van der Waals surface area contributed by atoms with Gasteiger partial charge in [-0.1, -0.05) is 12.1 Å². The lowest BCUT2D eigenvalue weighted by Crippen LogP contribution is -2.38. The molecule has 3 rings (SSSR count). The standard InChI is InChI=1S/C20H22FN3O3/c1-13(15-4-5-15)23-18(25)12-24-11-16(6-9-19(24)26)20(27)22-10-14-2-7-17(21)8-3-14/h2-3,6-9,11,13,15H,4-5,10,12H2,1H3,(H,22,27)(H,23,25)/t13-/m1/s1. The van der Waals surface area contributed by atoms with Gasteiger partial charge in [-0.25, -0.2) is 4.39 Å². The second kappa shape index (κ2) is 8.16. The van der Waals surface area contributed by atoms with Gasteiger partial charge in [0, 0.05) is 24.8 Å². The van der Waals surface area contributed by atoms with Crippen molar-refractivity contribution in [2.75, 3.05) is 0 Å². The third-order valence-electron chi connectivity index (χ3n) is 4.64. The van der Waals surface area contributed by atoms with Gasteiger partial charge in [-0.15, -0.1) is 0 Å². The Labute approximate surface area is 156 Å². The maximum atomic E-state index is 12.9. The number of amides is 2. The quantitative estimate of drug-likeness (QED) is 0.779. The molecule has 1 aromatic carbocycles. The first-order valence-corrected chi connectivity index (χ1v) is 8.95. The number of nitrogens with one attached hydrogen (secondary N) is 2. The molecule has 0 bridgehead atoms. The first-order chi connectivity index (χ1) is 12.9. The van der Waals surface area contributed by atoms with E-state index in [0.717, 1.165) is 18.4 Å². The van der Waals surface area contributed by atoms with Crippen LogP contribution >= 0.6 is 0 Å². The summed E-state index contributed by atoms with van der Waals surface area (Å²) in [4.78, 5) is 36.4. The lowest BCUT2D eigenvalue weighted by Gasteiger charge is -2.14. The van der Waals surface area contributed by atoms with E-state index in [4.69, 9.17) is 0 Å². The summed E-state index contributed by atoms with van der Waals surface area (Å²) in [6, 6.07) is 8.60. The molecule has 1 atom stereocenters. The molecule has 27 heavy (non-hydrogen) atoms. The molecule has 2 amide bonds. The van der Waals surface area contributed by atoms with Crippen molar-refractivity contribution in [2.24, 2.45) is 5.92 Å². The summed E-state index contributed by atoms with van der Waals surface area (Å²) in [5.74, 6) is -0.444. The molecule has 0 saturated heterocycles. The van der Waals surface area contributed by atoms with Crippen LogP contribution < -0.4 is 16.2 Å². The highest BCUT2D eigenvalue weighted by Gasteiger charge is 2.28. The van der Waals surface area contributed by atoms with Crippen LogP contribution in [0.4, 0.5) is 4.39 Å². The normalized spacial score (nSPS) is 14.4. The minimum Gasteiger partial charge on any atom is -0.352 e. The Balaban J connectivity index is 1.61. The Hall–Kier alpha value is -2.96. The first kappa shape index (κ1) is 18.8. The zero-order valence-electron chi connectivity index (χ0n) is 15.1. The third-order valence-corrected chi connectivity index (χ3v) is 4.64. The van der Waals surface area contributed by atoms with E-state index in [1.807, 2.05) is 6.92 Å². The molecule has 0 aliphatic heterocycles. The van der Waals surface area contributed by atoms with E-state index >= 15 is 0 Å². The fourth-order valence-corrected chi connectivity index (χ4v) is 2.84. The van der Waals surface area contributed by atoms with Crippen LogP contribution in [0.2, 0.25) is 0 Å². The Morgan fingerprint density at radius 3 is 2.56 bits per heavy atom. The number of hydrogen-bond donors (Lipinski definition) is 2. The zero-order chi connectivity index (χ0) is 19.4. The van der Waals surface area contributed by atoms with Crippen molar-refractivity contribution in [3.05, 3.63) is 69.9 Å². The highest BCUT2D eigenvalue weighted by molar-refractivity contribution is 5.93. The molecule has 0 unspecified atom stereocenters. The fourth-order valence-electron chi connectivity index (χ4n) is 2.84. The van der Waals surface area contributed by atoms with Gasteiger partial charge in [-0.2, -0.15) is 0 Å². The van der Waals surface area contributed by atoms with E-state index in [9.17, 15) is 18.8 Å². The van der Waals surface area contributed by atoms with E-state index in [2.05, 4.69) is 10.6 Å². The van der Waals surface area contributed by atoms with Gasteiger partial charge in [0.1, 0.15) is 12.4 Å². The van der Waals surface area contributed by atoms with Crippen LogP contribution in [0.3, 0.4) is 0 Å². The molecule has 1 aromatic heterocycles. The van der Waals surface area contributed by atoms with Crippen LogP contribution in [-0.4, -0.2) is 22.4 Å². The van der Waals surface area contributed by atoms with Crippen LogP contribution in [0.25, 0.3) is 0 Å². The molecule has 0 radical (unpaired) electrons. The Bertz CT molecular complexity index is 888. The molecule has 2 N–H and O–H groups in total. The van der Waals surface area contributed by atoms with Crippen LogP contribution in [0.5, 0.6) is 0 Å². The highest BCUT2D eigenvalue weighted by Crippen LogP contribution is 2.32. The highest BCUT2D eigenvalue weighted by atomic mass is 19.1. The summed E-state index contributed by atoms with van der Waals surface area (Å²) in [6.07, 6.45) is 3.61. The van der Waals surface area contributed by atoms with Gasteiger partial charge in [0.15, 0.2) is 0 Å². The zero-order valence-corrected chi connectivity index (χ0v) is 15.1. The average molecular weight is 371 g/mol. The minimum atomic E-state index is -0.375. The van der Waals surface area contributed by atoms with Gasteiger partial charge in [0.2, 0.25) is 5.91 Å². The number of halogens is 1. The summed E-state index contributed by atoms with van der Waals surface area (Å²) in [5, 5.41) is 5.60. The molecule has 142 valence electrons. The molecule has 1 fully saturated rings.